The van der Waals surface area contributed by atoms with Gasteiger partial charge in [-0.15, -0.1) is 0 Å². The standard InChI is InChI=1S/C14H15ClFN5/c15-10-1-2-13(11(16)7-10)20-3-5-21(6-4-20)14-12(17)8-18-9-19-14/h1-2,7-9H,3-6,17H2. The van der Waals surface area contributed by atoms with Crippen molar-refractivity contribution in [2.24, 2.45) is 0 Å². The quantitative estimate of drug-likeness (QED) is 0.921. The zero-order valence-electron chi connectivity index (χ0n) is 11.3. The van der Waals surface area contributed by atoms with Crippen LogP contribution in [0.5, 0.6) is 0 Å². The van der Waals surface area contributed by atoms with Crippen molar-refractivity contribution in [1.82, 2.24) is 9.97 Å². The molecule has 1 fully saturated rings. The van der Waals surface area contributed by atoms with Crippen molar-refractivity contribution < 1.29 is 4.39 Å². The van der Waals surface area contributed by atoms with Crippen LogP contribution in [0.2, 0.25) is 5.02 Å². The lowest BCUT2D eigenvalue weighted by Gasteiger charge is -2.37. The molecule has 0 unspecified atom stereocenters. The van der Waals surface area contributed by atoms with Gasteiger partial charge in [0.1, 0.15) is 12.1 Å². The van der Waals surface area contributed by atoms with Gasteiger partial charge in [0.25, 0.3) is 0 Å². The molecule has 0 bridgehead atoms. The Balaban J connectivity index is 1.72. The molecule has 2 aromatic rings. The molecule has 2 N–H and O–H groups in total. The lowest BCUT2D eigenvalue weighted by atomic mass is 10.2. The second-order valence-electron chi connectivity index (χ2n) is 4.87. The molecule has 1 aliphatic rings. The molecule has 0 atom stereocenters. The summed E-state index contributed by atoms with van der Waals surface area (Å²) in [5.41, 5.74) is 7.02. The minimum Gasteiger partial charge on any atom is -0.394 e. The molecule has 1 saturated heterocycles. The van der Waals surface area contributed by atoms with Crippen molar-refractivity contribution in [2.75, 3.05) is 41.7 Å². The van der Waals surface area contributed by atoms with Crippen molar-refractivity contribution in [1.29, 1.82) is 0 Å². The lowest BCUT2D eigenvalue weighted by Crippen LogP contribution is -2.47. The first-order valence-corrected chi connectivity index (χ1v) is 7.03. The number of halogens is 2. The summed E-state index contributed by atoms with van der Waals surface area (Å²) >= 11 is 5.78. The fraction of sp³-hybridized carbons (Fsp3) is 0.286. The molecule has 5 nitrogen and oxygen atoms in total. The number of rotatable bonds is 2. The van der Waals surface area contributed by atoms with Gasteiger partial charge in [-0.1, -0.05) is 11.6 Å². The maximum Gasteiger partial charge on any atom is 0.155 e. The van der Waals surface area contributed by atoms with Gasteiger partial charge in [-0.3, -0.25) is 0 Å². The first kappa shape index (κ1) is 13.9. The van der Waals surface area contributed by atoms with Gasteiger partial charge in [0.05, 0.1) is 17.6 Å². The molecule has 2 heterocycles. The fourth-order valence-corrected chi connectivity index (χ4v) is 2.65. The van der Waals surface area contributed by atoms with E-state index in [1.54, 1.807) is 18.3 Å². The Bertz CT molecular complexity index is 643. The number of aromatic nitrogens is 2. The number of nitrogen functional groups attached to an aromatic ring is 1. The first-order chi connectivity index (χ1) is 10.1. The van der Waals surface area contributed by atoms with E-state index in [9.17, 15) is 4.39 Å². The van der Waals surface area contributed by atoms with Crippen LogP contribution in [-0.2, 0) is 0 Å². The highest BCUT2D eigenvalue weighted by Crippen LogP contribution is 2.26. The highest BCUT2D eigenvalue weighted by atomic mass is 35.5. The summed E-state index contributed by atoms with van der Waals surface area (Å²) in [6.07, 6.45) is 3.07. The van der Waals surface area contributed by atoms with E-state index < -0.39 is 0 Å². The molecule has 3 rings (SSSR count). The summed E-state index contributed by atoms with van der Waals surface area (Å²) in [4.78, 5) is 12.2. The topological polar surface area (TPSA) is 58.3 Å². The summed E-state index contributed by atoms with van der Waals surface area (Å²) in [6, 6.07) is 4.76. The van der Waals surface area contributed by atoms with Gasteiger partial charge in [-0.2, -0.15) is 0 Å². The predicted molar refractivity (Wildman–Crippen MR) is 82.3 cm³/mol. The Kier molecular flexibility index (Phi) is 3.79. The third-order valence-corrected chi connectivity index (χ3v) is 3.78. The van der Waals surface area contributed by atoms with Gasteiger partial charge < -0.3 is 15.5 Å². The highest BCUT2D eigenvalue weighted by molar-refractivity contribution is 6.30. The summed E-state index contributed by atoms with van der Waals surface area (Å²) in [6.45, 7) is 2.84. The maximum atomic E-state index is 13.9. The second kappa shape index (κ2) is 5.73. The molecular weight excluding hydrogens is 293 g/mol. The third-order valence-electron chi connectivity index (χ3n) is 3.55. The smallest absolute Gasteiger partial charge is 0.155 e. The van der Waals surface area contributed by atoms with Gasteiger partial charge in [0.2, 0.25) is 0 Å². The van der Waals surface area contributed by atoms with Gasteiger partial charge in [-0.25, -0.2) is 14.4 Å². The SMILES string of the molecule is Nc1cncnc1N1CCN(c2ccc(Cl)cc2F)CC1. The average molecular weight is 308 g/mol. The van der Waals surface area contributed by atoms with Crippen LogP contribution >= 0.6 is 11.6 Å². The Labute approximate surface area is 127 Å². The van der Waals surface area contributed by atoms with E-state index in [-0.39, 0.29) is 5.82 Å². The largest absolute Gasteiger partial charge is 0.394 e. The summed E-state index contributed by atoms with van der Waals surface area (Å²) in [7, 11) is 0. The summed E-state index contributed by atoms with van der Waals surface area (Å²) < 4.78 is 13.9. The van der Waals surface area contributed by atoms with Gasteiger partial charge in [0, 0.05) is 31.2 Å². The van der Waals surface area contributed by atoms with E-state index in [2.05, 4.69) is 14.9 Å². The van der Waals surface area contributed by atoms with Crippen LogP contribution < -0.4 is 15.5 Å². The van der Waals surface area contributed by atoms with E-state index in [0.29, 0.717) is 29.5 Å². The van der Waals surface area contributed by atoms with Crippen molar-refractivity contribution >= 4 is 28.8 Å². The van der Waals surface area contributed by atoms with Crippen LogP contribution in [0.3, 0.4) is 0 Å². The molecule has 1 aromatic carbocycles. The molecular formula is C14H15ClFN5. The van der Waals surface area contributed by atoms with Gasteiger partial charge in [0.15, 0.2) is 5.82 Å². The van der Waals surface area contributed by atoms with E-state index >= 15 is 0 Å². The Morgan fingerprint density at radius 2 is 1.86 bits per heavy atom. The molecule has 110 valence electrons. The summed E-state index contributed by atoms with van der Waals surface area (Å²) in [5, 5.41) is 0.406. The summed E-state index contributed by atoms with van der Waals surface area (Å²) in [5.74, 6) is 0.443. The molecule has 0 aliphatic carbocycles. The van der Waals surface area contributed by atoms with Gasteiger partial charge >= 0.3 is 0 Å². The van der Waals surface area contributed by atoms with E-state index in [0.717, 1.165) is 18.9 Å². The molecule has 1 aromatic heterocycles. The van der Waals surface area contributed by atoms with Crippen LogP contribution in [-0.4, -0.2) is 36.1 Å². The second-order valence-corrected chi connectivity index (χ2v) is 5.31. The molecule has 1 aliphatic heterocycles. The maximum absolute atomic E-state index is 13.9. The van der Waals surface area contributed by atoms with Crippen LogP contribution in [0.1, 0.15) is 0 Å². The number of benzene rings is 1. The van der Waals surface area contributed by atoms with Crippen LogP contribution in [0, 0.1) is 5.82 Å². The Hall–Kier alpha value is -2.08. The fourth-order valence-electron chi connectivity index (χ4n) is 2.50. The highest BCUT2D eigenvalue weighted by Gasteiger charge is 2.21. The zero-order valence-corrected chi connectivity index (χ0v) is 12.1. The molecule has 7 heteroatoms. The number of nitrogens with zero attached hydrogens (tertiary/aromatic N) is 4. The number of anilines is 3. The lowest BCUT2D eigenvalue weighted by molar-refractivity contribution is 0.596. The normalized spacial score (nSPS) is 15.3. The number of hydrogen-bond donors (Lipinski definition) is 1. The molecule has 21 heavy (non-hydrogen) atoms. The predicted octanol–water partition coefficient (Wildman–Crippen LogP) is 2.18. The van der Waals surface area contributed by atoms with E-state index in [4.69, 9.17) is 17.3 Å². The average Bonchev–Trinajstić information content (AvgIpc) is 2.48. The molecule has 0 radical (unpaired) electrons. The number of piperazine rings is 1. The van der Waals surface area contributed by atoms with Crippen molar-refractivity contribution in [3.63, 3.8) is 0 Å². The minimum absolute atomic E-state index is 0.294. The molecule has 0 saturated carbocycles. The Morgan fingerprint density at radius 1 is 1.14 bits per heavy atom. The Morgan fingerprint density at radius 3 is 2.52 bits per heavy atom. The monoisotopic (exact) mass is 307 g/mol. The van der Waals surface area contributed by atoms with Crippen LogP contribution in [0.4, 0.5) is 21.6 Å². The zero-order chi connectivity index (χ0) is 14.8. The van der Waals surface area contributed by atoms with Crippen LogP contribution in [0.25, 0.3) is 0 Å². The van der Waals surface area contributed by atoms with E-state index in [1.807, 2.05) is 4.90 Å². The number of hydrogen-bond acceptors (Lipinski definition) is 5. The van der Waals surface area contributed by atoms with Crippen LogP contribution in [0.15, 0.2) is 30.7 Å². The third kappa shape index (κ3) is 2.85. The van der Waals surface area contributed by atoms with Crippen molar-refractivity contribution in [3.8, 4) is 0 Å². The van der Waals surface area contributed by atoms with Crippen molar-refractivity contribution in [3.05, 3.63) is 41.6 Å². The minimum atomic E-state index is -0.294. The molecule has 0 amide bonds. The first-order valence-electron chi connectivity index (χ1n) is 6.65. The van der Waals surface area contributed by atoms with Gasteiger partial charge in [-0.05, 0) is 18.2 Å². The van der Waals surface area contributed by atoms with E-state index in [1.165, 1.54) is 12.4 Å². The van der Waals surface area contributed by atoms with Crippen molar-refractivity contribution in [2.45, 2.75) is 0 Å². The number of nitrogens with two attached hydrogens (primary N) is 1. The molecule has 0 spiro atoms.